The third-order valence-corrected chi connectivity index (χ3v) is 4.22. The fraction of sp³-hybridized carbons (Fsp3) is 0.105. The monoisotopic (exact) mass is 292 g/mol. The maximum Gasteiger partial charge on any atom is 0.219 e. The average Bonchev–Trinajstić information content (AvgIpc) is 2.54. The summed E-state index contributed by atoms with van der Waals surface area (Å²) in [6.45, 7) is 0. The number of hydrogen-bond donors (Lipinski definition) is 0. The molecule has 0 aliphatic rings. The van der Waals surface area contributed by atoms with E-state index in [2.05, 4.69) is 42.5 Å². The van der Waals surface area contributed by atoms with Gasteiger partial charge in [-0.3, -0.25) is 4.79 Å². The summed E-state index contributed by atoms with van der Waals surface area (Å²) in [4.78, 5) is 12.0. The van der Waals surface area contributed by atoms with E-state index in [0.717, 1.165) is 17.5 Å². The van der Waals surface area contributed by atoms with Gasteiger partial charge in [-0.05, 0) is 34.6 Å². The lowest BCUT2D eigenvalue weighted by atomic mass is 9.98. The Balaban J connectivity index is 1.97. The van der Waals surface area contributed by atoms with Gasteiger partial charge in [0.1, 0.15) is 0 Å². The van der Waals surface area contributed by atoms with Crippen molar-refractivity contribution in [2.75, 3.05) is 6.26 Å². The van der Waals surface area contributed by atoms with E-state index in [9.17, 15) is 4.79 Å². The van der Waals surface area contributed by atoms with Crippen molar-refractivity contribution in [1.82, 2.24) is 0 Å². The van der Waals surface area contributed by atoms with Crippen molar-refractivity contribution < 1.29 is 4.79 Å². The second-order valence-electron chi connectivity index (χ2n) is 5.01. The highest BCUT2D eigenvalue weighted by atomic mass is 32.2. The van der Waals surface area contributed by atoms with Crippen LogP contribution in [0.1, 0.15) is 21.5 Å². The van der Waals surface area contributed by atoms with E-state index in [1.165, 1.54) is 28.1 Å². The number of benzene rings is 3. The molecule has 3 rings (SSSR count). The molecule has 0 radical (unpaired) electrons. The van der Waals surface area contributed by atoms with Crippen LogP contribution < -0.4 is 0 Å². The SMILES string of the molecule is CSC(=O)c1ccccc1Cc1ccc2ccccc2c1. The first-order valence-corrected chi connectivity index (χ1v) is 8.14. The molecule has 0 amide bonds. The van der Waals surface area contributed by atoms with E-state index < -0.39 is 0 Å². The van der Waals surface area contributed by atoms with E-state index in [4.69, 9.17) is 0 Å². The summed E-state index contributed by atoms with van der Waals surface area (Å²) in [7, 11) is 0. The summed E-state index contributed by atoms with van der Waals surface area (Å²) in [6.07, 6.45) is 2.61. The number of thioether (sulfide) groups is 1. The summed E-state index contributed by atoms with van der Waals surface area (Å²) in [5.74, 6) is 0. The largest absolute Gasteiger partial charge is 0.282 e. The Morgan fingerprint density at radius 3 is 2.43 bits per heavy atom. The van der Waals surface area contributed by atoms with Gasteiger partial charge in [-0.1, -0.05) is 78.5 Å². The maximum atomic E-state index is 12.0. The molecule has 0 heterocycles. The number of carbonyl (C=O) groups is 1. The molecule has 1 nitrogen and oxygen atoms in total. The zero-order valence-corrected chi connectivity index (χ0v) is 12.7. The first-order chi connectivity index (χ1) is 10.3. The molecule has 3 aromatic rings. The highest BCUT2D eigenvalue weighted by Crippen LogP contribution is 2.21. The molecule has 0 saturated heterocycles. The molecule has 0 unspecified atom stereocenters. The Kier molecular flexibility index (Phi) is 4.07. The van der Waals surface area contributed by atoms with Crippen LogP contribution in [0.15, 0.2) is 66.7 Å². The molecule has 0 saturated carbocycles. The quantitative estimate of drug-likeness (QED) is 0.680. The van der Waals surface area contributed by atoms with Crippen LogP contribution in [0, 0.1) is 0 Å². The van der Waals surface area contributed by atoms with E-state index in [1.54, 1.807) is 0 Å². The van der Waals surface area contributed by atoms with Crippen molar-refractivity contribution in [3.63, 3.8) is 0 Å². The van der Waals surface area contributed by atoms with Gasteiger partial charge < -0.3 is 0 Å². The van der Waals surface area contributed by atoms with E-state index in [1.807, 2.05) is 30.5 Å². The normalized spacial score (nSPS) is 10.7. The zero-order chi connectivity index (χ0) is 14.7. The number of hydrogen-bond acceptors (Lipinski definition) is 2. The van der Waals surface area contributed by atoms with Crippen molar-refractivity contribution in [3.8, 4) is 0 Å². The van der Waals surface area contributed by atoms with Gasteiger partial charge in [-0.15, -0.1) is 0 Å². The number of carbonyl (C=O) groups excluding carboxylic acids is 1. The van der Waals surface area contributed by atoms with Crippen molar-refractivity contribution in [1.29, 1.82) is 0 Å². The molecule has 0 fully saturated rings. The minimum atomic E-state index is 0.131. The molecule has 0 bridgehead atoms. The molecule has 21 heavy (non-hydrogen) atoms. The van der Waals surface area contributed by atoms with Crippen LogP contribution in [0.2, 0.25) is 0 Å². The minimum absolute atomic E-state index is 0.131. The summed E-state index contributed by atoms with van der Waals surface area (Å²) >= 11 is 1.27. The molecule has 0 aromatic heterocycles. The van der Waals surface area contributed by atoms with Gasteiger partial charge in [0.2, 0.25) is 5.12 Å². The van der Waals surface area contributed by atoms with Gasteiger partial charge in [0.25, 0.3) is 0 Å². The van der Waals surface area contributed by atoms with Crippen molar-refractivity contribution >= 4 is 27.6 Å². The van der Waals surface area contributed by atoms with Crippen LogP contribution in [0.5, 0.6) is 0 Å². The molecule has 2 heteroatoms. The van der Waals surface area contributed by atoms with E-state index in [-0.39, 0.29) is 5.12 Å². The summed E-state index contributed by atoms with van der Waals surface area (Å²) in [5.41, 5.74) is 3.14. The van der Waals surface area contributed by atoms with Gasteiger partial charge in [-0.2, -0.15) is 0 Å². The highest BCUT2D eigenvalue weighted by Gasteiger charge is 2.10. The highest BCUT2D eigenvalue weighted by molar-refractivity contribution is 8.13. The second kappa shape index (κ2) is 6.15. The third kappa shape index (κ3) is 3.01. The first-order valence-electron chi connectivity index (χ1n) is 6.92. The van der Waals surface area contributed by atoms with Crippen LogP contribution in [-0.2, 0) is 6.42 Å². The van der Waals surface area contributed by atoms with Crippen molar-refractivity contribution in [2.24, 2.45) is 0 Å². The summed E-state index contributed by atoms with van der Waals surface area (Å²) < 4.78 is 0. The van der Waals surface area contributed by atoms with Crippen molar-refractivity contribution in [2.45, 2.75) is 6.42 Å². The summed E-state index contributed by atoms with van der Waals surface area (Å²) in [6, 6.07) is 22.7. The van der Waals surface area contributed by atoms with Crippen LogP contribution >= 0.6 is 11.8 Å². The fourth-order valence-electron chi connectivity index (χ4n) is 2.55. The standard InChI is InChI=1S/C19H16OS/c1-21-19(20)18-9-5-4-8-17(18)13-14-10-11-15-6-2-3-7-16(15)12-14/h2-12H,13H2,1H3. The molecular weight excluding hydrogens is 276 g/mol. The molecule has 3 aromatic carbocycles. The predicted molar refractivity (Wildman–Crippen MR) is 91.0 cm³/mol. The minimum Gasteiger partial charge on any atom is -0.282 e. The lowest BCUT2D eigenvalue weighted by Gasteiger charge is -2.08. The van der Waals surface area contributed by atoms with Crippen molar-refractivity contribution in [3.05, 3.63) is 83.4 Å². The molecule has 0 aliphatic carbocycles. The first kappa shape index (κ1) is 13.9. The molecule has 104 valence electrons. The molecule has 0 aliphatic heterocycles. The van der Waals surface area contributed by atoms with Gasteiger partial charge in [0, 0.05) is 5.56 Å². The second-order valence-corrected chi connectivity index (χ2v) is 5.79. The van der Waals surface area contributed by atoms with Crippen LogP contribution in [0.4, 0.5) is 0 Å². The van der Waals surface area contributed by atoms with Crippen LogP contribution in [-0.4, -0.2) is 11.4 Å². The smallest absolute Gasteiger partial charge is 0.219 e. The van der Waals surface area contributed by atoms with Gasteiger partial charge in [-0.25, -0.2) is 0 Å². The third-order valence-electron chi connectivity index (χ3n) is 3.63. The Hall–Kier alpha value is -2.06. The molecule has 0 N–H and O–H groups in total. The summed E-state index contributed by atoms with van der Waals surface area (Å²) in [5, 5.41) is 2.62. The lowest BCUT2D eigenvalue weighted by molar-refractivity contribution is 0.108. The number of rotatable bonds is 3. The molecule has 0 spiro atoms. The Morgan fingerprint density at radius 1 is 0.905 bits per heavy atom. The van der Waals surface area contributed by atoms with Crippen LogP contribution in [0.25, 0.3) is 10.8 Å². The Bertz CT molecular complexity index is 792. The Morgan fingerprint density at radius 2 is 1.62 bits per heavy atom. The molecular formula is C19H16OS. The Labute approximate surface area is 129 Å². The average molecular weight is 292 g/mol. The zero-order valence-electron chi connectivity index (χ0n) is 11.9. The number of fused-ring (bicyclic) bond motifs is 1. The van der Waals surface area contributed by atoms with E-state index >= 15 is 0 Å². The van der Waals surface area contributed by atoms with Gasteiger partial charge in [0.05, 0.1) is 0 Å². The molecule has 0 atom stereocenters. The van der Waals surface area contributed by atoms with Gasteiger partial charge in [0.15, 0.2) is 0 Å². The maximum absolute atomic E-state index is 12.0. The lowest BCUT2D eigenvalue weighted by Crippen LogP contribution is -2.00. The topological polar surface area (TPSA) is 17.1 Å². The van der Waals surface area contributed by atoms with Gasteiger partial charge >= 0.3 is 0 Å². The van der Waals surface area contributed by atoms with E-state index in [0.29, 0.717) is 0 Å². The van der Waals surface area contributed by atoms with Crippen LogP contribution in [0.3, 0.4) is 0 Å². The fourth-order valence-corrected chi connectivity index (χ4v) is 2.97. The predicted octanol–water partition coefficient (Wildman–Crippen LogP) is 4.93.